The van der Waals surface area contributed by atoms with Gasteiger partial charge in [0.25, 0.3) is 5.69 Å². The van der Waals surface area contributed by atoms with Gasteiger partial charge in [-0.15, -0.1) is 0 Å². The number of benzene rings is 1. The molecule has 0 amide bonds. The van der Waals surface area contributed by atoms with Gasteiger partial charge >= 0.3 is 5.97 Å². The van der Waals surface area contributed by atoms with Crippen LogP contribution in [0.3, 0.4) is 0 Å². The van der Waals surface area contributed by atoms with E-state index in [1.165, 1.54) is 24.3 Å². The highest BCUT2D eigenvalue weighted by Crippen LogP contribution is 2.15. The van der Waals surface area contributed by atoms with Crippen molar-refractivity contribution in [2.24, 2.45) is 5.11 Å². The number of ketones is 1. The lowest BCUT2D eigenvalue weighted by Gasteiger charge is -2.01. The summed E-state index contributed by atoms with van der Waals surface area (Å²) in [7, 11) is 0. The van der Waals surface area contributed by atoms with Crippen LogP contribution in [0.2, 0.25) is 0 Å². The summed E-state index contributed by atoms with van der Waals surface area (Å²) in [6.07, 6.45) is 1.33. The van der Waals surface area contributed by atoms with E-state index >= 15 is 0 Å². The molecular weight excluding hydrogens is 292 g/mol. The number of nitrogens with zero attached hydrogens (tertiary/aromatic N) is 4. The summed E-state index contributed by atoms with van der Waals surface area (Å²) < 4.78 is 0. The number of hydrogen-bond acceptors (Lipinski definition) is 5. The van der Waals surface area contributed by atoms with Crippen LogP contribution in [-0.2, 0) is 9.59 Å². The Balaban J connectivity index is 2.89. The molecule has 0 saturated carbocycles. The number of nitro benzene ring substituents is 1. The Morgan fingerprint density at radius 3 is 2.50 bits per heavy atom. The van der Waals surface area contributed by atoms with Crippen LogP contribution in [0.25, 0.3) is 16.5 Å². The molecule has 0 spiro atoms. The predicted molar refractivity (Wildman–Crippen MR) is 77.0 cm³/mol. The normalized spacial score (nSPS) is 10.6. The number of carbonyl (C=O) groups is 2. The molecule has 0 unspecified atom stereocenters. The number of rotatable bonds is 8. The van der Waals surface area contributed by atoms with E-state index in [1.807, 2.05) is 0 Å². The largest absolute Gasteiger partial charge is 0.478 e. The molecule has 0 aromatic heterocycles. The summed E-state index contributed by atoms with van der Waals surface area (Å²) in [6, 6.07) is 5.15. The van der Waals surface area contributed by atoms with Crippen molar-refractivity contribution in [1.29, 1.82) is 0 Å². The van der Waals surface area contributed by atoms with Crippen molar-refractivity contribution in [2.45, 2.75) is 12.8 Å². The molecule has 22 heavy (non-hydrogen) atoms. The fourth-order valence-corrected chi connectivity index (χ4v) is 1.61. The van der Waals surface area contributed by atoms with Gasteiger partial charge in [0.1, 0.15) is 5.57 Å². The maximum atomic E-state index is 11.8. The monoisotopic (exact) mass is 304 g/mol. The van der Waals surface area contributed by atoms with Gasteiger partial charge in [-0.25, -0.2) is 4.79 Å². The number of hydrogen-bond donors (Lipinski definition) is 1. The molecule has 0 bridgehead atoms. The Morgan fingerprint density at radius 2 is 2.00 bits per heavy atom. The molecule has 0 atom stereocenters. The molecule has 0 saturated heterocycles. The van der Waals surface area contributed by atoms with Gasteiger partial charge in [0.2, 0.25) is 0 Å². The standard InChI is InChI=1S/C13H12N4O5/c14-16-15-7-1-2-12(18)11(13(19)20)8-9-3-5-10(6-4-9)17(21)22/h3-6,8H,1-2,7H2,(H,19,20). The summed E-state index contributed by atoms with van der Waals surface area (Å²) in [6.45, 7) is 0.104. The molecule has 9 nitrogen and oxygen atoms in total. The second-order valence-corrected chi connectivity index (χ2v) is 4.19. The Bertz CT molecular complexity index is 660. The minimum absolute atomic E-state index is 0.0653. The van der Waals surface area contributed by atoms with Crippen LogP contribution in [-0.4, -0.2) is 28.3 Å². The second-order valence-electron chi connectivity index (χ2n) is 4.19. The third-order valence-electron chi connectivity index (χ3n) is 2.67. The van der Waals surface area contributed by atoms with E-state index in [1.54, 1.807) is 0 Å². The number of carboxylic acid groups (broad SMARTS) is 1. The van der Waals surface area contributed by atoms with E-state index in [-0.39, 0.29) is 25.1 Å². The fourth-order valence-electron chi connectivity index (χ4n) is 1.61. The van der Waals surface area contributed by atoms with Crippen LogP contribution in [0.15, 0.2) is 35.0 Å². The second kappa shape index (κ2) is 8.18. The van der Waals surface area contributed by atoms with Crippen molar-refractivity contribution in [1.82, 2.24) is 0 Å². The lowest BCUT2D eigenvalue weighted by Crippen LogP contribution is -2.12. The highest BCUT2D eigenvalue weighted by molar-refractivity contribution is 6.20. The topological polar surface area (TPSA) is 146 Å². The molecule has 1 rings (SSSR count). The lowest BCUT2D eigenvalue weighted by atomic mass is 10.0. The number of azide groups is 1. The van der Waals surface area contributed by atoms with Gasteiger partial charge in [0.05, 0.1) is 4.92 Å². The van der Waals surface area contributed by atoms with Crippen LogP contribution in [0, 0.1) is 10.1 Å². The van der Waals surface area contributed by atoms with Gasteiger partial charge in [0.15, 0.2) is 5.78 Å². The number of carboxylic acids is 1. The molecular formula is C13H12N4O5. The first-order valence-corrected chi connectivity index (χ1v) is 6.19. The van der Waals surface area contributed by atoms with Crippen molar-refractivity contribution < 1.29 is 19.6 Å². The van der Waals surface area contributed by atoms with Crippen LogP contribution in [0.5, 0.6) is 0 Å². The van der Waals surface area contributed by atoms with Gasteiger partial charge in [0, 0.05) is 30.0 Å². The molecule has 1 N–H and O–H groups in total. The number of carbonyl (C=O) groups excluding carboxylic acids is 1. The number of non-ortho nitro benzene ring substituents is 1. The van der Waals surface area contributed by atoms with Crippen molar-refractivity contribution >= 4 is 23.5 Å². The minimum Gasteiger partial charge on any atom is -0.478 e. The molecule has 0 radical (unpaired) electrons. The van der Waals surface area contributed by atoms with Crippen molar-refractivity contribution in [2.75, 3.05) is 6.54 Å². The molecule has 1 aromatic carbocycles. The van der Waals surface area contributed by atoms with E-state index < -0.39 is 22.2 Å². The third-order valence-corrected chi connectivity index (χ3v) is 2.67. The zero-order valence-corrected chi connectivity index (χ0v) is 11.4. The third kappa shape index (κ3) is 5.06. The number of nitro groups is 1. The Kier molecular flexibility index (Phi) is 6.27. The molecule has 1 aromatic rings. The smallest absolute Gasteiger partial charge is 0.339 e. The summed E-state index contributed by atoms with van der Waals surface area (Å²) in [5, 5.41) is 22.9. The number of aliphatic carboxylic acids is 1. The maximum Gasteiger partial charge on any atom is 0.339 e. The van der Waals surface area contributed by atoms with Crippen LogP contribution in [0.1, 0.15) is 18.4 Å². The highest BCUT2D eigenvalue weighted by atomic mass is 16.6. The summed E-state index contributed by atoms with van der Waals surface area (Å²) in [4.78, 5) is 35.4. The van der Waals surface area contributed by atoms with E-state index in [0.717, 1.165) is 6.08 Å². The lowest BCUT2D eigenvalue weighted by molar-refractivity contribution is -0.384. The zero-order valence-electron chi connectivity index (χ0n) is 11.4. The first-order chi connectivity index (χ1) is 10.5. The van der Waals surface area contributed by atoms with Crippen LogP contribution in [0.4, 0.5) is 5.69 Å². The van der Waals surface area contributed by atoms with Gasteiger partial charge in [-0.3, -0.25) is 14.9 Å². The van der Waals surface area contributed by atoms with Crippen LogP contribution >= 0.6 is 0 Å². The van der Waals surface area contributed by atoms with Crippen molar-refractivity contribution in [3.05, 3.63) is 56.0 Å². The molecule has 9 heteroatoms. The van der Waals surface area contributed by atoms with E-state index in [0.29, 0.717) is 5.56 Å². The first kappa shape index (κ1) is 16.9. The SMILES string of the molecule is [N-]=[N+]=NCCCC(=O)C(=Cc1ccc([N+](=O)[O-])cc1)C(=O)O. The van der Waals surface area contributed by atoms with Crippen molar-refractivity contribution in [3.63, 3.8) is 0 Å². The summed E-state index contributed by atoms with van der Waals surface area (Å²) >= 11 is 0. The molecule has 114 valence electrons. The average Bonchev–Trinajstić information content (AvgIpc) is 2.49. The molecule has 0 aliphatic carbocycles. The van der Waals surface area contributed by atoms with Crippen molar-refractivity contribution in [3.8, 4) is 0 Å². The molecule has 0 fully saturated rings. The van der Waals surface area contributed by atoms with E-state index in [9.17, 15) is 19.7 Å². The van der Waals surface area contributed by atoms with E-state index in [2.05, 4.69) is 10.0 Å². The van der Waals surface area contributed by atoms with Gasteiger partial charge in [-0.1, -0.05) is 5.11 Å². The first-order valence-electron chi connectivity index (χ1n) is 6.19. The predicted octanol–water partition coefficient (Wildman–Crippen LogP) is 2.72. The van der Waals surface area contributed by atoms with Gasteiger partial charge < -0.3 is 5.11 Å². The molecule has 0 heterocycles. The summed E-state index contributed by atoms with van der Waals surface area (Å²) in [5.41, 5.74) is 7.92. The van der Waals surface area contributed by atoms with Gasteiger partial charge in [-0.05, 0) is 35.7 Å². The Labute approximate surface area is 124 Å². The maximum absolute atomic E-state index is 11.8. The molecule has 0 aliphatic heterocycles. The van der Waals surface area contributed by atoms with Crippen LogP contribution < -0.4 is 0 Å². The summed E-state index contributed by atoms with van der Waals surface area (Å²) in [5.74, 6) is -1.98. The molecule has 0 aliphatic rings. The van der Waals surface area contributed by atoms with Gasteiger partial charge in [-0.2, -0.15) is 0 Å². The highest BCUT2D eigenvalue weighted by Gasteiger charge is 2.17. The Hall–Kier alpha value is -3.19. The Morgan fingerprint density at radius 1 is 1.36 bits per heavy atom. The quantitative estimate of drug-likeness (QED) is 0.0902. The fraction of sp³-hybridized carbons (Fsp3) is 0.231. The minimum atomic E-state index is -1.38. The van der Waals surface area contributed by atoms with E-state index in [4.69, 9.17) is 10.6 Å². The number of Topliss-reactive ketones (excluding diaryl/α,β-unsaturated/α-hetero) is 1. The average molecular weight is 304 g/mol. The zero-order chi connectivity index (χ0) is 16.5.